The first-order valence-electron chi connectivity index (χ1n) is 6.63. The minimum Gasteiger partial charge on any atom is -0.446 e. The summed E-state index contributed by atoms with van der Waals surface area (Å²) in [6, 6.07) is 8.78. The van der Waals surface area contributed by atoms with Gasteiger partial charge in [-0.25, -0.2) is 4.39 Å². The van der Waals surface area contributed by atoms with Crippen LogP contribution in [0.5, 0.6) is 0 Å². The van der Waals surface area contributed by atoms with E-state index >= 15 is 0 Å². The molecule has 2 N–H and O–H groups in total. The van der Waals surface area contributed by atoms with Crippen molar-refractivity contribution in [2.75, 3.05) is 4.72 Å². The van der Waals surface area contributed by atoms with Crippen molar-refractivity contribution in [2.24, 2.45) is 0 Å². The Morgan fingerprint density at radius 3 is 2.76 bits per heavy atom. The first-order chi connectivity index (χ1) is 10.0. The molecule has 0 bridgehead atoms. The summed E-state index contributed by atoms with van der Waals surface area (Å²) in [5, 5.41) is 3.06. The number of furan rings is 1. The molecule has 0 unspecified atom stereocenters. The van der Waals surface area contributed by atoms with Gasteiger partial charge in [0, 0.05) is 6.04 Å². The maximum Gasteiger partial charge on any atom is 0.295 e. The largest absolute Gasteiger partial charge is 0.446 e. The van der Waals surface area contributed by atoms with Crippen molar-refractivity contribution < 1.29 is 17.2 Å². The molecule has 0 aliphatic heterocycles. The molecule has 5 nitrogen and oxygen atoms in total. The van der Waals surface area contributed by atoms with Gasteiger partial charge in [-0.1, -0.05) is 6.07 Å². The van der Waals surface area contributed by atoms with E-state index in [9.17, 15) is 12.8 Å². The lowest BCUT2D eigenvalue weighted by Crippen LogP contribution is -2.15. The van der Waals surface area contributed by atoms with Crippen molar-refractivity contribution in [2.45, 2.75) is 30.5 Å². The van der Waals surface area contributed by atoms with E-state index in [1.54, 1.807) is 6.07 Å². The molecule has 3 rings (SSSR count). The normalized spacial score (nSPS) is 15.1. The molecular formula is C14H15FN2O3S. The van der Waals surface area contributed by atoms with Crippen molar-refractivity contribution in [3.63, 3.8) is 0 Å². The second kappa shape index (κ2) is 5.50. The Hall–Kier alpha value is -1.86. The highest BCUT2D eigenvalue weighted by molar-refractivity contribution is 7.92. The van der Waals surface area contributed by atoms with E-state index in [4.69, 9.17) is 4.42 Å². The molecule has 7 heteroatoms. The molecule has 0 atom stereocenters. The summed E-state index contributed by atoms with van der Waals surface area (Å²) in [7, 11) is -3.84. The molecule has 0 saturated heterocycles. The Kier molecular flexibility index (Phi) is 3.69. The van der Waals surface area contributed by atoms with Crippen LogP contribution in [0.3, 0.4) is 0 Å². The van der Waals surface area contributed by atoms with E-state index in [1.807, 2.05) is 0 Å². The van der Waals surface area contributed by atoms with Crippen LogP contribution >= 0.6 is 0 Å². The second-order valence-electron chi connectivity index (χ2n) is 4.99. The summed E-state index contributed by atoms with van der Waals surface area (Å²) in [4.78, 5) is 0. The van der Waals surface area contributed by atoms with Crippen LogP contribution in [0, 0.1) is 5.82 Å². The smallest absolute Gasteiger partial charge is 0.295 e. The van der Waals surface area contributed by atoms with Crippen LogP contribution < -0.4 is 10.0 Å². The summed E-state index contributed by atoms with van der Waals surface area (Å²) in [6.07, 6.45) is 2.29. The van der Waals surface area contributed by atoms with Gasteiger partial charge in [0.05, 0.1) is 12.2 Å². The SMILES string of the molecule is O=S(=O)(Nc1cccc(F)c1)c1ccc(CNC2CC2)o1. The topological polar surface area (TPSA) is 71.3 Å². The summed E-state index contributed by atoms with van der Waals surface area (Å²) in [5.41, 5.74) is 0.157. The first-order valence-corrected chi connectivity index (χ1v) is 8.12. The van der Waals surface area contributed by atoms with Gasteiger partial charge in [-0.15, -0.1) is 0 Å². The number of sulfonamides is 1. The number of anilines is 1. The highest BCUT2D eigenvalue weighted by Crippen LogP contribution is 2.21. The fraction of sp³-hybridized carbons (Fsp3) is 0.286. The Bertz CT molecular complexity index is 738. The van der Waals surface area contributed by atoms with Crippen molar-refractivity contribution in [1.82, 2.24) is 5.32 Å². The van der Waals surface area contributed by atoms with E-state index in [0.29, 0.717) is 18.3 Å². The molecule has 1 aliphatic carbocycles. The van der Waals surface area contributed by atoms with Gasteiger partial charge in [0.1, 0.15) is 11.6 Å². The molecule has 1 aromatic carbocycles. The zero-order valence-electron chi connectivity index (χ0n) is 11.2. The van der Waals surface area contributed by atoms with Gasteiger partial charge >= 0.3 is 0 Å². The van der Waals surface area contributed by atoms with Gasteiger partial charge in [0.2, 0.25) is 5.09 Å². The molecule has 0 radical (unpaired) electrons. The van der Waals surface area contributed by atoms with E-state index in [-0.39, 0.29) is 10.8 Å². The highest BCUT2D eigenvalue weighted by atomic mass is 32.2. The van der Waals surface area contributed by atoms with E-state index in [2.05, 4.69) is 10.0 Å². The Morgan fingerprint density at radius 1 is 1.24 bits per heavy atom. The maximum absolute atomic E-state index is 13.1. The molecule has 1 aromatic heterocycles. The summed E-state index contributed by atoms with van der Waals surface area (Å²) >= 11 is 0. The van der Waals surface area contributed by atoms with Crippen molar-refractivity contribution in [3.8, 4) is 0 Å². The molecule has 0 spiro atoms. The van der Waals surface area contributed by atoms with Gasteiger partial charge in [-0.2, -0.15) is 8.42 Å². The quantitative estimate of drug-likeness (QED) is 0.860. The molecule has 2 aromatic rings. The second-order valence-corrected chi connectivity index (χ2v) is 6.61. The third-order valence-corrected chi connectivity index (χ3v) is 4.37. The number of rotatable bonds is 6. The van der Waals surface area contributed by atoms with Gasteiger partial charge in [-0.05, 0) is 43.2 Å². The first kappa shape index (κ1) is 14.1. The zero-order valence-corrected chi connectivity index (χ0v) is 12.0. The van der Waals surface area contributed by atoms with Crippen LogP contribution in [0.15, 0.2) is 45.9 Å². The van der Waals surface area contributed by atoms with Gasteiger partial charge in [0.25, 0.3) is 10.0 Å². The lowest BCUT2D eigenvalue weighted by molar-refractivity contribution is 0.403. The van der Waals surface area contributed by atoms with Gasteiger partial charge in [0.15, 0.2) is 0 Å². The average molecular weight is 310 g/mol. The molecule has 21 heavy (non-hydrogen) atoms. The van der Waals surface area contributed by atoms with E-state index in [1.165, 1.54) is 24.3 Å². The summed E-state index contributed by atoms with van der Waals surface area (Å²) in [5.74, 6) is 0.0467. The van der Waals surface area contributed by atoms with Gasteiger partial charge in [-0.3, -0.25) is 4.72 Å². The van der Waals surface area contributed by atoms with Crippen LogP contribution in [-0.2, 0) is 16.6 Å². The predicted molar refractivity (Wildman–Crippen MR) is 75.8 cm³/mol. The van der Waals surface area contributed by atoms with E-state index in [0.717, 1.165) is 18.9 Å². The van der Waals surface area contributed by atoms with Crippen LogP contribution in [-0.4, -0.2) is 14.5 Å². The molecule has 1 fully saturated rings. The molecule has 1 aliphatic rings. The number of halogens is 1. The van der Waals surface area contributed by atoms with E-state index < -0.39 is 15.8 Å². The standard InChI is InChI=1S/C14H15FN2O3S/c15-10-2-1-3-12(8-10)17-21(18,19)14-7-6-13(20-14)9-16-11-4-5-11/h1-3,6-8,11,16-17H,4-5,9H2. The van der Waals surface area contributed by atoms with Crippen LogP contribution in [0.2, 0.25) is 0 Å². The fourth-order valence-electron chi connectivity index (χ4n) is 1.89. The molecule has 1 heterocycles. The van der Waals surface area contributed by atoms with Crippen LogP contribution in [0.25, 0.3) is 0 Å². The summed E-state index contributed by atoms with van der Waals surface area (Å²) in [6.45, 7) is 0.500. The predicted octanol–water partition coefficient (Wildman–Crippen LogP) is 2.47. The van der Waals surface area contributed by atoms with Crippen molar-refractivity contribution >= 4 is 15.7 Å². The number of nitrogens with one attached hydrogen (secondary N) is 2. The van der Waals surface area contributed by atoms with Crippen LogP contribution in [0.1, 0.15) is 18.6 Å². The maximum atomic E-state index is 13.1. The Morgan fingerprint density at radius 2 is 2.05 bits per heavy atom. The molecule has 0 amide bonds. The van der Waals surface area contributed by atoms with Gasteiger partial charge < -0.3 is 9.73 Å². The lowest BCUT2D eigenvalue weighted by atomic mass is 10.3. The Balaban J connectivity index is 1.71. The molecule has 112 valence electrons. The monoisotopic (exact) mass is 310 g/mol. The lowest BCUT2D eigenvalue weighted by Gasteiger charge is -2.05. The summed E-state index contributed by atoms with van der Waals surface area (Å²) < 4.78 is 44.9. The highest BCUT2D eigenvalue weighted by Gasteiger charge is 2.22. The third kappa shape index (κ3) is 3.62. The minimum absolute atomic E-state index is 0.157. The zero-order chi connectivity index (χ0) is 14.9. The molecular weight excluding hydrogens is 295 g/mol. The number of hydrogen-bond acceptors (Lipinski definition) is 4. The third-order valence-electron chi connectivity index (χ3n) is 3.12. The van der Waals surface area contributed by atoms with Crippen molar-refractivity contribution in [1.29, 1.82) is 0 Å². The Labute approximate surface area is 122 Å². The average Bonchev–Trinajstić information content (AvgIpc) is 3.12. The van der Waals surface area contributed by atoms with Crippen LogP contribution in [0.4, 0.5) is 10.1 Å². The van der Waals surface area contributed by atoms with Crippen molar-refractivity contribution in [3.05, 3.63) is 48.0 Å². The fourth-order valence-corrected chi connectivity index (χ4v) is 2.89. The number of benzene rings is 1. The minimum atomic E-state index is -3.84. The molecule has 1 saturated carbocycles. The number of hydrogen-bond donors (Lipinski definition) is 2.